The molecule has 1 saturated heterocycles. The summed E-state index contributed by atoms with van der Waals surface area (Å²) in [5.41, 5.74) is 1.68. The largest absolute Gasteiger partial charge is 0.359 e. The molecular weight excluding hydrogens is 457 g/mol. The summed E-state index contributed by atoms with van der Waals surface area (Å²) < 4.78 is 0. The van der Waals surface area contributed by atoms with Crippen LogP contribution in [0.4, 0.5) is 0 Å². The van der Waals surface area contributed by atoms with Gasteiger partial charge >= 0.3 is 0 Å². The van der Waals surface area contributed by atoms with Gasteiger partial charge in [0.05, 0.1) is 0 Å². The molecule has 7 nitrogen and oxygen atoms in total. The topological polar surface area (TPSA) is 85.8 Å². The molecule has 0 unspecified atom stereocenters. The van der Waals surface area contributed by atoms with E-state index >= 15 is 0 Å². The Labute approximate surface area is 178 Å². The lowest BCUT2D eigenvalue weighted by atomic mass is 9.93. The second-order valence-electron chi connectivity index (χ2n) is 6.49. The fourth-order valence-electron chi connectivity index (χ4n) is 3.19. The molecule has 0 spiro atoms. The van der Waals surface area contributed by atoms with E-state index in [1.165, 1.54) is 0 Å². The summed E-state index contributed by atoms with van der Waals surface area (Å²) in [6, 6.07) is 7.56. The van der Waals surface area contributed by atoms with Gasteiger partial charge in [0, 0.05) is 52.8 Å². The number of guanidine groups is 1. The van der Waals surface area contributed by atoms with Crippen LogP contribution in [0, 0.1) is 5.92 Å². The van der Waals surface area contributed by atoms with Crippen molar-refractivity contribution >= 4 is 41.8 Å². The van der Waals surface area contributed by atoms with Crippen LogP contribution in [0.3, 0.4) is 0 Å². The van der Waals surface area contributed by atoms with Crippen LogP contribution in [0.25, 0.3) is 0 Å². The van der Waals surface area contributed by atoms with E-state index < -0.39 is 0 Å². The number of aliphatic imine (C=N–C) groups is 1. The maximum atomic E-state index is 11.7. The fourth-order valence-corrected chi connectivity index (χ4v) is 3.19. The average molecular weight is 487 g/mol. The molecule has 27 heavy (non-hydrogen) atoms. The van der Waals surface area contributed by atoms with Gasteiger partial charge in [-0.2, -0.15) is 0 Å². The minimum atomic E-state index is -0.0885. The minimum absolute atomic E-state index is 0. The Balaban J connectivity index is 0.00000364. The molecule has 1 aromatic rings. The molecule has 0 aromatic heterocycles. The Morgan fingerprint density at radius 1 is 1.19 bits per heavy atom. The molecular formula is C19H30IN5O2. The molecule has 0 saturated carbocycles. The Kier molecular flexibility index (Phi) is 10.1. The molecule has 0 atom stereocenters. The number of amides is 2. The summed E-state index contributed by atoms with van der Waals surface area (Å²) in [6.07, 6.45) is 2.57. The molecule has 1 fully saturated rings. The van der Waals surface area contributed by atoms with Crippen LogP contribution in [0.1, 0.15) is 35.2 Å². The van der Waals surface area contributed by atoms with E-state index in [0.717, 1.165) is 37.5 Å². The monoisotopic (exact) mass is 487 g/mol. The maximum absolute atomic E-state index is 11.7. The first-order chi connectivity index (χ1) is 12.6. The minimum Gasteiger partial charge on any atom is -0.359 e. The van der Waals surface area contributed by atoms with Gasteiger partial charge in [-0.05, 0) is 36.5 Å². The standard InChI is InChI=1S/C19H29N5O2.HI/c1-20-17(25)12-14-7-9-24(10-8-14)19(22-3)23-13-15-5-4-6-16(11-15)18(26)21-2;/h4-6,11,14H,7-10,12-13H2,1-3H3,(H,20,25)(H,21,26)(H,22,23);1H. The van der Waals surface area contributed by atoms with Crippen molar-refractivity contribution in [3.8, 4) is 0 Å². The molecule has 0 aliphatic carbocycles. The first kappa shape index (κ1) is 23.2. The van der Waals surface area contributed by atoms with Gasteiger partial charge in [-0.1, -0.05) is 12.1 Å². The lowest BCUT2D eigenvalue weighted by Crippen LogP contribution is -2.45. The number of nitrogens with zero attached hydrogens (tertiary/aromatic N) is 2. The van der Waals surface area contributed by atoms with Crippen LogP contribution < -0.4 is 16.0 Å². The third-order valence-electron chi connectivity index (χ3n) is 4.75. The molecule has 1 aromatic carbocycles. The Bertz CT molecular complexity index is 657. The summed E-state index contributed by atoms with van der Waals surface area (Å²) in [6.45, 7) is 2.38. The summed E-state index contributed by atoms with van der Waals surface area (Å²) in [5, 5.41) is 8.70. The van der Waals surface area contributed by atoms with Crippen LogP contribution in [-0.2, 0) is 11.3 Å². The van der Waals surface area contributed by atoms with Gasteiger partial charge < -0.3 is 20.9 Å². The molecule has 1 aliphatic rings. The van der Waals surface area contributed by atoms with Gasteiger partial charge in [-0.3, -0.25) is 14.6 Å². The summed E-state index contributed by atoms with van der Waals surface area (Å²) in [4.78, 5) is 29.9. The van der Waals surface area contributed by atoms with E-state index in [4.69, 9.17) is 0 Å². The Hall–Kier alpha value is -1.84. The third-order valence-corrected chi connectivity index (χ3v) is 4.75. The van der Waals surface area contributed by atoms with Gasteiger partial charge in [0.25, 0.3) is 5.91 Å². The van der Waals surface area contributed by atoms with Crippen molar-refractivity contribution in [2.24, 2.45) is 10.9 Å². The third kappa shape index (κ3) is 7.00. The van der Waals surface area contributed by atoms with Gasteiger partial charge in [-0.15, -0.1) is 24.0 Å². The number of benzene rings is 1. The number of halogens is 1. The maximum Gasteiger partial charge on any atom is 0.251 e. The molecule has 1 heterocycles. The number of hydrogen-bond donors (Lipinski definition) is 3. The quantitative estimate of drug-likeness (QED) is 0.335. The predicted octanol–water partition coefficient (Wildman–Crippen LogP) is 1.59. The summed E-state index contributed by atoms with van der Waals surface area (Å²) in [5.74, 6) is 1.32. The van der Waals surface area contributed by atoms with Crippen molar-refractivity contribution in [2.75, 3.05) is 34.2 Å². The van der Waals surface area contributed by atoms with Crippen molar-refractivity contribution < 1.29 is 9.59 Å². The molecule has 1 aliphatic heterocycles. The Morgan fingerprint density at radius 2 is 1.89 bits per heavy atom. The highest BCUT2D eigenvalue weighted by Gasteiger charge is 2.23. The average Bonchev–Trinajstić information content (AvgIpc) is 2.69. The SMILES string of the molecule is CN=C(NCc1cccc(C(=O)NC)c1)N1CCC(CC(=O)NC)CC1.I. The summed E-state index contributed by atoms with van der Waals surface area (Å²) >= 11 is 0. The van der Waals surface area contributed by atoms with Gasteiger partial charge in [-0.25, -0.2) is 0 Å². The van der Waals surface area contributed by atoms with Crippen molar-refractivity contribution in [1.29, 1.82) is 0 Å². The lowest BCUT2D eigenvalue weighted by Gasteiger charge is -2.34. The van der Waals surface area contributed by atoms with E-state index in [2.05, 4.69) is 25.8 Å². The molecule has 2 rings (SSSR count). The number of carbonyl (C=O) groups excluding carboxylic acids is 2. The second-order valence-corrected chi connectivity index (χ2v) is 6.49. The van der Waals surface area contributed by atoms with Gasteiger partial charge in [0.15, 0.2) is 5.96 Å². The van der Waals surface area contributed by atoms with Crippen LogP contribution >= 0.6 is 24.0 Å². The van der Waals surface area contributed by atoms with Gasteiger partial charge in [0.2, 0.25) is 5.91 Å². The van der Waals surface area contributed by atoms with Crippen LogP contribution in [0.5, 0.6) is 0 Å². The zero-order valence-electron chi connectivity index (χ0n) is 16.2. The first-order valence-electron chi connectivity index (χ1n) is 9.04. The number of nitrogens with one attached hydrogen (secondary N) is 3. The molecule has 8 heteroatoms. The lowest BCUT2D eigenvalue weighted by molar-refractivity contribution is -0.121. The highest BCUT2D eigenvalue weighted by atomic mass is 127. The van der Waals surface area contributed by atoms with E-state index in [1.54, 1.807) is 27.2 Å². The van der Waals surface area contributed by atoms with Crippen LogP contribution in [0.2, 0.25) is 0 Å². The second kappa shape index (κ2) is 11.8. The molecule has 150 valence electrons. The van der Waals surface area contributed by atoms with E-state index in [9.17, 15) is 9.59 Å². The van der Waals surface area contributed by atoms with Crippen LogP contribution in [0.15, 0.2) is 29.3 Å². The van der Waals surface area contributed by atoms with E-state index in [1.807, 2.05) is 18.2 Å². The highest BCUT2D eigenvalue weighted by molar-refractivity contribution is 14.0. The van der Waals surface area contributed by atoms with Crippen molar-refractivity contribution in [2.45, 2.75) is 25.8 Å². The highest BCUT2D eigenvalue weighted by Crippen LogP contribution is 2.20. The van der Waals surface area contributed by atoms with Crippen molar-refractivity contribution in [3.05, 3.63) is 35.4 Å². The van der Waals surface area contributed by atoms with E-state index in [-0.39, 0.29) is 35.8 Å². The van der Waals surface area contributed by atoms with Gasteiger partial charge in [0.1, 0.15) is 0 Å². The molecule has 0 radical (unpaired) electrons. The molecule has 3 N–H and O–H groups in total. The van der Waals surface area contributed by atoms with E-state index in [0.29, 0.717) is 24.4 Å². The number of carbonyl (C=O) groups is 2. The number of hydrogen-bond acceptors (Lipinski definition) is 3. The predicted molar refractivity (Wildman–Crippen MR) is 118 cm³/mol. The zero-order chi connectivity index (χ0) is 18.9. The fraction of sp³-hybridized carbons (Fsp3) is 0.526. The molecule has 0 bridgehead atoms. The Morgan fingerprint density at radius 3 is 2.48 bits per heavy atom. The normalized spacial score (nSPS) is 14.9. The van der Waals surface area contributed by atoms with Crippen molar-refractivity contribution in [1.82, 2.24) is 20.9 Å². The number of piperidine rings is 1. The number of rotatable bonds is 5. The zero-order valence-corrected chi connectivity index (χ0v) is 18.6. The van der Waals surface area contributed by atoms with Crippen molar-refractivity contribution in [3.63, 3.8) is 0 Å². The number of likely N-dealkylation sites (tertiary alicyclic amines) is 1. The first-order valence-corrected chi connectivity index (χ1v) is 9.04. The molecule has 2 amide bonds. The smallest absolute Gasteiger partial charge is 0.251 e. The van der Waals surface area contributed by atoms with Crippen LogP contribution in [-0.4, -0.2) is 56.9 Å². The summed E-state index contributed by atoms with van der Waals surface area (Å²) in [7, 11) is 5.09.